The average Bonchev–Trinajstić information content (AvgIpc) is 3.76. The summed E-state index contributed by atoms with van der Waals surface area (Å²) >= 11 is 1.53. The van der Waals surface area contributed by atoms with E-state index in [2.05, 4.69) is 25.8 Å². The summed E-state index contributed by atoms with van der Waals surface area (Å²) in [5.74, 6) is -0.780. The van der Waals surface area contributed by atoms with Gasteiger partial charge in [-0.25, -0.2) is 14.6 Å². The summed E-state index contributed by atoms with van der Waals surface area (Å²) < 4.78 is 4.67. The summed E-state index contributed by atoms with van der Waals surface area (Å²) in [4.78, 5) is 62.0. The SMILES string of the molecule is CCC(C)C(C(=O)NC(Cc1ccccc1)C(O)CN(Cc1cccs1)NC(=O)CC(C)(C)CNC(=O)OC)N1CCN(Cc2cccc(C)n2)C1=O. The Morgan fingerprint density at radius 1 is 1.08 bits per heavy atom. The van der Waals surface area contributed by atoms with Gasteiger partial charge in [-0.1, -0.05) is 76.6 Å². The summed E-state index contributed by atoms with van der Waals surface area (Å²) in [5, 5.41) is 21.3. The molecule has 1 aliphatic rings. The fourth-order valence-corrected chi connectivity index (χ4v) is 7.15. The number of hydrogen-bond donors (Lipinski definition) is 4. The van der Waals surface area contributed by atoms with E-state index in [0.29, 0.717) is 39.0 Å². The topological polar surface area (TPSA) is 156 Å². The summed E-state index contributed by atoms with van der Waals surface area (Å²) in [6, 6.07) is 17.5. The fourth-order valence-electron chi connectivity index (χ4n) is 6.43. The number of benzene rings is 1. The molecule has 13 nitrogen and oxygen atoms in total. The van der Waals surface area contributed by atoms with Crippen LogP contribution in [0.15, 0.2) is 66.0 Å². The zero-order valence-corrected chi connectivity index (χ0v) is 32.5. The van der Waals surface area contributed by atoms with E-state index in [-0.39, 0.29) is 43.3 Å². The number of alkyl carbamates (subject to hydrolysis) is 1. The minimum Gasteiger partial charge on any atom is -0.453 e. The second-order valence-electron chi connectivity index (χ2n) is 14.6. The van der Waals surface area contributed by atoms with Crippen molar-refractivity contribution in [2.24, 2.45) is 11.3 Å². The molecule has 1 aromatic carbocycles. The number of aryl methyl sites for hydroxylation is 1. The van der Waals surface area contributed by atoms with Gasteiger partial charge in [0.15, 0.2) is 0 Å². The molecule has 3 aromatic rings. The van der Waals surface area contributed by atoms with Gasteiger partial charge in [0, 0.05) is 43.2 Å². The molecule has 288 valence electrons. The number of methoxy groups -OCH3 is 1. The van der Waals surface area contributed by atoms with Crippen LogP contribution in [-0.4, -0.2) is 100 Å². The standard InChI is InChI=1S/C39H55N7O6S/c1-7-27(2)35(46-19-18-44(38(46)51)23-30-16-11-13-28(3)41-30)36(49)42-32(21-29-14-9-8-10-15-29)33(47)25-45(24-31-17-12-20-53-31)43-34(48)22-39(4,5)26-40-37(50)52-6/h8-17,20,27,32-33,35,47H,7,18-19,21-26H2,1-6H3,(H,40,50)(H,42,49)(H,43,48). The molecule has 0 bridgehead atoms. The van der Waals surface area contributed by atoms with Gasteiger partial charge in [-0.15, -0.1) is 11.3 Å². The van der Waals surface area contributed by atoms with Gasteiger partial charge >= 0.3 is 12.1 Å². The molecule has 0 saturated carbocycles. The third-order valence-corrected chi connectivity index (χ3v) is 10.3. The van der Waals surface area contributed by atoms with Crippen LogP contribution in [0, 0.1) is 18.3 Å². The van der Waals surface area contributed by atoms with Gasteiger partial charge in [0.05, 0.1) is 38.0 Å². The number of rotatable bonds is 19. The summed E-state index contributed by atoms with van der Waals surface area (Å²) in [6.45, 7) is 11.4. The van der Waals surface area contributed by atoms with E-state index in [0.717, 1.165) is 21.8 Å². The number of hydrazine groups is 1. The quantitative estimate of drug-likeness (QED) is 0.131. The lowest BCUT2D eigenvalue weighted by Crippen LogP contribution is -2.58. The van der Waals surface area contributed by atoms with E-state index in [1.807, 2.05) is 101 Å². The zero-order chi connectivity index (χ0) is 38.5. The number of hydrogen-bond acceptors (Lipinski definition) is 9. The Kier molecular flexibility index (Phi) is 15.2. The van der Waals surface area contributed by atoms with Crippen molar-refractivity contribution in [2.45, 2.75) is 85.2 Å². The van der Waals surface area contributed by atoms with E-state index in [9.17, 15) is 24.3 Å². The smallest absolute Gasteiger partial charge is 0.406 e. The maximum Gasteiger partial charge on any atom is 0.406 e. The summed E-state index contributed by atoms with van der Waals surface area (Å²) in [5.41, 5.74) is 4.96. The number of carbonyl (C=O) groups is 4. The van der Waals surface area contributed by atoms with E-state index in [4.69, 9.17) is 0 Å². The van der Waals surface area contributed by atoms with Gasteiger partial charge in [-0.2, -0.15) is 0 Å². The maximum atomic E-state index is 14.3. The van der Waals surface area contributed by atoms with Gasteiger partial charge in [-0.3, -0.25) is 20.0 Å². The highest BCUT2D eigenvalue weighted by molar-refractivity contribution is 7.09. The maximum absolute atomic E-state index is 14.3. The van der Waals surface area contributed by atoms with Crippen molar-refractivity contribution < 1.29 is 29.0 Å². The van der Waals surface area contributed by atoms with Gasteiger partial charge in [0.25, 0.3) is 0 Å². The van der Waals surface area contributed by atoms with E-state index >= 15 is 0 Å². The molecule has 2 aromatic heterocycles. The first kappa shape index (κ1) is 41.2. The Labute approximate surface area is 317 Å². The number of thiophene rings is 1. The van der Waals surface area contributed by atoms with Crippen LogP contribution in [0.25, 0.3) is 0 Å². The van der Waals surface area contributed by atoms with Crippen LogP contribution >= 0.6 is 11.3 Å². The molecule has 4 unspecified atom stereocenters. The van der Waals surface area contributed by atoms with Crippen LogP contribution in [0.1, 0.15) is 62.4 Å². The molecule has 0 aliphatic carbocycles. The van der Waals surface area contributed by atoms with Crippen LogP contribution in [0.3, 0.4) is 0 Å². The van der Waals surface area contributed by atoms with Gasteiger partial charge in [0.2, 0.25) is 11.8 Å². The second kappa shape index (κ2) is 19.5. The summed E-state index contributed by atoms with van der Waals surface area (Å²) in [7, 11) is 1.28. The number of aromatic nitrogens is 1. The number of ether oxygens (including phenoxy) is 1. The van der Waals surface area contributed by atoms with Crippen molar-refractivity contribution in [3.63, 3.8) is 0 Å². The number of nitrogens with one attached hydrogen (secondary N) is 3. The van der Waals surface area contributed by atoms with Crippen molar-refractivity contribution in [3.05, 3.63) is 87.9 Å². The molecule has 1 fully saturated rings. The first-order chi connectivity index (χ1) is 25.3. The molecule has 0 spiro atoms. The number of carbonyl (C=O) groups excluding carboxylic acids is 4. The highest BCUT2D eigenvalue weighted by Gasteiger charge is 2.41. The molecule has 4 rings (SSSR count). The summed E-state index contributed by atoms with van der Waals surface area (Å²) in [6.07, 6.45) is -0.597. The highest BCUT2D eigenvalue weighted by Crippen LogP contribution is 2.24. The first-order valence-electron chi connectivity index (χ1n) is 18.2. The fraction of sp³-hybridized carbons (Fsp3) is 0.513. The van der Waals surface area contributed by atoms with Crippen LogP contribution in [0.5, 0.6) is 0 Å². The largest absolute Gasteiger partial charge is 0.453 e. The minimum atomic E-state index is -1.11. The van der Waals surface area contributed by atoms with Crippen LogP contribution in [-0.2, 0) is 33.8 Å². The molecule has 5 amide bonds. The second-order valence-corrected chi connectivity index (χ2v) is 15.6. The van der Waals surface area contributed by atoms with Crippen molar-refractivity contribution in [1.29, 1.82) is 0 Å². The van der Waals surface area contributed by atoms with Crippen LogP contribution < -0.4 is 16.1 Å². The molecular formula is C39H55N7O6S. The lowest BCUT2D eigenvalue weighted by molar-refractivity contribution is -0.131. The Morgan fingerprint density at radius 2 is 1.83 bits per heavy atom. The van der Waals surface area contributed by atoms with Crippen molar-refractivity contribution in [3.8, 4) is 0 Å². The predicted octanol–water partition coefficient (Wildman–Crippen LogP) is 4.50. The van der Waals surface area contributed by atoms with E-state index < -0.39 is 29.7 Å². The number of amides is 5. The third-order valence-electron chi connectivity index (χ3n) is 9.46. The van der Waals surface area contributed by atoms with Crippen molar-refractivity contribution in [2.75, 3.05) is 33.3 Å². The Hall–Kier alpha value is -4.53. The van der Waals surface area contributed by atoms with E-state index in [1.165, 1.54) is 18.4 Å². The van der Waals surface area contributed by atoms with Gasteiger partial charge in [0.1, 0.15) is 6.04 Å². The Bertz CT molecular complexity index is 1640. The molecule has 4 N–H and O–H groups in total. The predicted molar refractivity (Wildman–Crippen MR) is 204 cm³/mol. The number of pyridine rings is 1. The van der Waals surface area contributed by atoms with Crippen molar-refractivity contribution >= 4 is 35.3 Å². The van der Waals surface area contributed by atoms with Gasteiger partial charge in [-0.05, 0) is 53.8 Å². The highest BCUT2D eigenvalue weighted by atomic mass is 32.1. The molecule has 1 saturated heterocycles. The molecule has 3 heterocycles. The zero-order valence-electron chi connectivity index (χ0n) is 31.7. The normalized spacial score (nSPS) is 15.5. The van der Waals surface area contributed by atoms with Crippen LogP contribution in [0.2, 0.25) is 0 Å². The number of aliphatic hydroxyl groups is 1. The first-order valence-corrected chi connectivity index (χ1v) is 19.1. The monoisotopic (exact) mass is 749 g/mol. The molecule has 0 radical (unpaired) electrons. The molecule has 14 heteroatoms. The Balaban J connectivity index is 1.52. The number of urea groups is 1. The number of aliphatic hydroxyl groups excluding tert-OH is 1. The lowest BCUT2D eigenvalue weighted by Gasteiger charge is -2.35. The van der Waals surface area contributed by atoms with Crippen LogP contribution in [0.4, 0.5) is 9.59 Å². The number of nitrogens with zero attached hydrogens (tertiary/aromatic N) is 4. The third kappa shape index (κ3) is 12.5. The molecule has 53 heavy (non-hydrogen) atoms. The molecular weight excluding hydrogens is 695 g/mol. The molecule has 1 aliphatic heterocycles. The van der Waals surface area contributed by atoms with E-state index in [1.54, 1.807) is 14.8 Å². The van der Waals surface area contributed by atoms with Crippen molar-refractivity contribution in [1.82, 2.24) is 35.9 Å². The Morgan fingerprint density at radius 3 is 2.49 bits per heavy atom. The lowest BCUT2D eigenvalue weighted by atomic mass is 9.89. The average molecular weight is 750 g/mol. The molecule has 4 atom stereocenters. The van der Waals surface area contributed by atoms with Gasteiger partial charge < -0.3 is 30.3 Å². The minimum absolute atomic E-state index is 0.0101.